The average molecular weight is 430 g/mol. The van der Waals surface area contributed by atoms with Gasteiger partial charge < -0.3 is 10.4 Å². The van der Waals surface area contributed by atoms with Crippen molar-refractivity contribution < 1.29 is 9.67 Å². The van der Waals surface area contributed by atoms with Crippen molar-refractivity contribution in [3.8, 4) is 0 Å². The summed E-state index contributed by atoms with van der Waals surface area (Å²) < 4.78 is 1.74. The molecule has 3 rings (SSSR count). The zero-order chi connectivity index (χ0) is 20.3. The summed E-state index contributed by atoms with van der Waals surface area (Å²) in [7, 11) is 0. The molecule has 1 aromatic heterocycles. The monoisotopic (exact) mass is 429 g/mol. The van der Waals surface area contributed by atoms with E-state index in [2.05, 4.69) is 12.2 Å². The third kappa shape index (κ3) is 4.53. The van der Waals surface area contributed by atoms with Crippen molar-refractivity contribution in [2.75, 3.05) is 5.32 Å². The third-order valence-corrected chi connectivity index (χ3v) is 5.22. The molecule has 0 radical (unpaired) electrons. The van der Waals surface area contributed by atoms with Gasteiger partial charge in [-0.2, -0.15) is 4.57 Å². The number of aliphatic hydroxyl groups excluding tert-OH is 1. The molecule has 28 heavy (non-hydrogen) atoms. The van der Waals surface area contributed by atoms with Crippen LogP contribution < -0.4 is 9.88 Å². The highest BCUT2D eigenvalue weighted by Gasteiger charge is 2.25. The Labute approximate surface area is 179 Å². The van der Waals surface area contributed by atoms with E-state index in [-0.39, 0.29) is 5.76 Å². The van der Waals surface area contributed by atoms with Gasteiger partial charge >= 0.3 is 0 Å². The molecule has 0 aliphatic carbocycles. The molecular formula is C22H19Cl2N2OS+. The van der Waals surface area contributed by atoms with Gasteiger partial charge in [0, 0.05) is 28.4 Å². The summed E-state index contributed by atoms with van der Waals surface area (Å²) in [4.78, 5) is 0.355. The number of thiocarbonyl (C=S) groups is 1. The van der Waals surface area contributed by atoms with Gasteiger partial charge in [-0.3, -0.25) is 0 Å². The van der Waals surface area contributed by atoms with Crippen LogP contribution in [0.4, 0.5) is 5.69 Å². The minimum atomic E-state index is -0.0648. The molecule has 0 spiro atoms. The fourth-order valence-electron chi connectivity index (χ4n) is 2.71. The largest absolute Gasteiger partial charge is 0.502 e. The van der Waals surface area contributed by atoms with E-state index in [0.717, 1.165) is 11.3 Å². The van der Waals surface area contributed by atoms with Crippen molar-refractivity contribution in [3.05, 3.63) is 93.7 Å². The number of aromatic nitrogens is 1. The Balaban J connectivity index is 2.10. The maximum atomic E-state index is 11.1. The van der Waals surface area contributed by atoms with Gasteiger partial charge in [0.05, 0.1) is 5.02 Å². The second kappa shape index (κ2) is 8.74. The van der Waals surface area contributed by atoms with E-state index >= 15 is 0 Å². The molecule has 0 aliphatic rings. The van der Waals surface area contributed by atoms with Crippen LogP contribution in [0.1, 0.15) is 16.7 Å². The molecule has 0 aliphatic heterocycles. The Bertz CT molecular complexity index is 1070. The number of halogens is 2. The molecule has 1 heterocycles. The lowest BCUT2D eigenvalue weighted by Crippen LogP contribution is -2.38. The van der Waals surface area contributed by atoms with Crippen molar-refractivity contribution in [1.29, 1.82) is 0 Å². The molecule has 2 N–H and O–H groups in total. The summed E-state index contributed by atoms with van der Waals surface area (Å²) in [6.45, 7) is 4.09. The third-order valence-electron chi connectivity index (χ3n) is 4.36. The van der Waals surface area contributed by atoms with Crippen LogP contribution in [0.5, 0.6) is 0 Å². The predicted octanol–water partition coefficient (Wildman–Crippen LogP) is 6.22. The van der Waals surface area contributed by atoms with Crippen LogP contribution in [0.15, 0.2) is 67.0 Å². The molecule has 0 atom stereocenters. The number of rotatable bonds is 4. The SMILES string of the molecule is Cc1ccc(NC(=S)/C(=C(/O)c2cc(Cl)ccc2Cl)[n+]2ccccc2)cc1C. The minimum absolute atomic E-state index is 0.0648. The van der Waals surface area contributed by atoms with E-state index in [4.69, 9.17) is 35.4 Å². The number of anilines is 1. The molecule has 0 bridgehead atoms. The first-order valence-corrected chi connectivity index (χ1v) is 9.77. The second-order valence-corrected chi connectivity index (χ2v) is 7.61. The molecule has 0 fully saturated rings. The van der Waals surface area contributed by atoms with Gasteiger partial charge in [0.2, 0.25) is 5.76 Å². The number of pyridine rings is 1. The quantitative estimate of drug-likeness (QED) is 0.223. The van der Waals surface area contributed by atoms with E-state index < -0.39 is 0 Å². The Morgan fingerprint density at radius 3 is 2.36 bits per heavy atom. The van der Waals surface area contributed by atoms with Crippen LogP contribution >= 0.6 is 35.4 Å². The van der Waals surface area contributed by atoms with Crippen LogP contribution in [0.3, 0.4) is 0 Å². The summed E-state index contributed by atoms with van der Waals surface area (Å²) in [6.07, 6.45) is 3.61. The van der Waals surface area contributed by atoms with Gasteiger partial charge in [-0.15, -0.1) is 0 Å². The number of aliphatic hydroxyl groups is 1. The van der Waals surface area contributed by atoms with Crippen molar-refractivity contribution in [1.82, 2.24) is 0 Å². The van der Waals surface area contributed by atoms with Gasteiger partial charge in [0.1, 0.15) is 0 Å². The molecule has 0 unspecified atom stereocenters. The van der Waals surface area contributed by atoms with Crippen LogP contribution in [-0.2, 0) is 0 Å². The van der Waals surface area contributed by atoms with Crippen LogP contribution in [-0.4, -0.2) is 10.1 Å². The lowest BCUT2D eigenvalue weighted by molar-refractivity contribution is -0.575. The van der Waals surface area contributed by atoms with Gasteiger partial charge in [-0.25, -0.2) is 0 Å². The topological polar surface area (TPSA) is 36.1 Å². The summed E-state index contributed by atoms with van der Waals surface area (Å²) in [5.41, 5.74) is 3.99. The first-order valence-electron chi connectivity index (χ1n) is 8.61. The number of hydrogen-bond donors (Lipinski definition) is 2. The molecule has 142 valence electrons. The smallest absolute Gasteiger partial charge is 0.288 e. The van der Waals surface area contributed by atoms with Crippen LogP contribution in [0.2, 0.25) is 10.0 Å². The van der Waals surface area contributed by atoms with Crippen LogP contribution in [0, 0.1) is 13.8 Å². The summed E-state index contributed by atoms with van der Waals surface area (Å²) >= 11 is 18.0. The molecule has 6 heteroatoms. The highest BCUT2D eigenvalue weighted by molar-refractivity contribution is 7.81. The predicted molar refractivity (Wildman–Crippen MR) is 121 cm³/mol. The lowest BCUT2D eigenvalue weighted by Gasteiger charge is -2.12. The van der Waals surface area contributed by atoms with Gasteiger partial charge in [-0.1, -0.05) is 47.6 Å². The first-order chi connectivity index (χ1) is 13.4. The molecule has 3 aromatic rings. The summed E-state index contributed by atoms with van der Waals surface area (Å²) in [5, 5.41) is 15.1. The Hall–Kier alpha value is -2.40. The van der Waals surface area contributed by atoms with E-state index in [1.165, 1.54) is 5.56 Å². The van der Waals surface area contributed by atoms with Crippen molar-refractivity contribution in [2.24, 2.45) is 0 Å². The number of nitrogens with one attached hydrogen (secondary N) is 1. The molecule has 2 aromatic carbocycles. The molecule has 3 nitrogen and oxygen atoms in total. The van der Waals surface area contributed by atoms with Gasteiger partial charge in [0.15, 0.2) is 17.4 Å². The molecular weight excluding hydrogens is 411 g/mol. The molecule has 0 saturated carbocycles. The van der Waals surface area contributed by atoms with Crippen molar-refractivity contribution in [2.45, 2.75) is 13.8 Å². The van der Waals surface area contributed by atoms with Crippen molar-refractivity contribution >= 4 is 57.6 Å². The van der Waals surface area contributed by atoms with E-state index in [1.54, 1.807) is 35.2 Å². The molecule has 0 saturated heterocycles. The Morgan fingerprint density at radius 1 is 0.964 bits per heavy atom. The summed E-state index contributed by atoms with van der Waals surface area (Å²) in [6, 6.07) is 16.5. The zero-order valence-electron chi connectivity index (χ0n) is 15.4. The van der Waals surface area contributed by atoms with Crippen LogP contribution in [0.25, 0.3) is 11.5 Å². The van der Waals surface area contributed by atoms with E-state index in [1.807, 2.05) is 43.3 Å². The number of nitrogens with zero attached hydrogens (tertiary/aromatic N) is 1. The van der Waals surface area contributed by atoms with Gasteiger partial charge in [-0.05, 0) is 55.3 Å². The number of aryl methyl sites for hydroxylation is 2. The fourth-order valence-corrected chi connectivity index (χ4v) is 3.41. The minimum Gasteiger partial charge on any atom is -0.502 e. The highest BCUT2D eigenvalue weighted by Crippen LogP contribution is 2.28. The van der Waals surface area contributed by atoms with Crippen molar-refractivity contribution in [3.63, 3.8) is 0 Å². The highest BCUT2D eigenvalue weighted by atomic mass is 35.5. The molecule has 0 amide bonds. The first kappa shape index (κ1) is 20.3. The average Bonchev–Trinajstić information content (AvgIpc) is 2.67. The second-order valence-electron chi connectivity index (χ2n) is 6.36. The number of hydrogen-bond acceptors (Lipinski definition) is 2. The number of benzene rings is 2. The maximum Gasteiger partial charge on any atom is 0.288 e. The Morgan fingerprint density at radius 2 is 1.68 bits per heavy atom. The van der Waals surface area contributed by atoms with E-state index in [9.17, 15) is 5.11 Å². The zero-order valence-corrected chi connectivity index (χ0v) is 17.7. The summed E-state index contributed by atoms with van der Waals surface area (Å²) in [5.74, 6) is -0.0648. The maximum absolute atomic E-state index is 11.1. The fraction of sp³-hybridized carbons (Fsp3) is 0.0909. The lowest BCUT2D eigenvalue weighted by atomic mass is 10.1. The van der Waals surface area contributed by atoms with Gasteiger partial charge in [0.25, 0.3) is 5.70 Å². The Kier molecular flexibility index (Phi) is 6.35. The standard InChI is InChI=1S/C22H18Cl2N2OS/c1-14-6-8-17(12-15(14)2)25-22(28)20(26-10-4-3-5-11-26)21(27)18-13-16(23)7-9-19(18)24/h3-13H,1-2H3,(H-,25,27,28)/p+1. The van der Waals surface area contributed by atoms with E-state index in [0.29, 0.717) is 26.3 Å². The normalized spacial score (nSPS) is 11.7.